The third-order valence-corrected chi connectivity index (χ3v) is 8.91. The molecule has 41 heavy (non-hydrogen) atoms. The largest absolute Gasteiger partial charge is 0.492 e. The number of rotatable bonds is 8. The Balaban J connectivity index is 1.43. The van der Waals surface area contributed by atoms with Crippen LogP contribution in [0.2, 0.25) is 0 Å². The molecule has 2 atom stereocenters. The average Bonchev–Trinajstić information content (AvgIpc) is 3.21. The number of benzene rings is 2. The van der Waals surface area contributed by atoms with Crippen LogP contribution in [-0.4, -0.2) is 24.3 Å². The van der Waals surface area contributed by atoms with Gasteiger partial charge >= 0.3 is 0 Å². The molecule has 10 heteroatoms. The molecule has 1 spiro atoms. The van der Waals surface area contributed by atoms with Crippen LogP contribution in [-0.2, 0) is 17.4 Å². The number of nitrogens with two attached hydrogens (primary N) is 2. The van der Waals surface area contributed by atoms with E-state index in [9.17, 15) is 4.79 Å². The highest BCUT2D eigenvalue weighted by atomic mass is 32.2. The second-order valence-corrected chi connectivity index (χ2v) is 12.9. The molecular formula is C31H42N7O2S+. The normalized spacial score (nSPS) is 19.7. The van der Waals surface area contributed by atoms with Crippen molar-refractivity contribution in [2.75, 3.05) is 28.4 Å². The van der Waals surface area contributed by atoms with E-state index < -0.39 is 0 Å². The van der Waals surface area contributed by atoms with Crippen molar-refractivity contribution in [2.45, 2.75) is 64.8 Å². The summed E-state index contributed by atoms with van der Waals surface area (Å²) in [5.74, 6) is 8.70. The maximum atomic E-state index is 13.5. The minimum absolute atomic E-state index is 0.126. The van der Waals surface area contributed by atoms with Crippen LogP contribution >= 0.6 is 11.9 Å². The van der Waals surface area contributed by atoms with Gasteiger partial charge in [-0.25, -0.2) is 15.4 Å². The van der Waals surface area contributed by atoms with Gasteiger partial charge in [0.05, 0.1) is 30.6 Å². The molecule has 9 nitrogen and oxygen atoms in total. The second kappa shape index (κ2) is 10.6. The van der Waals surface area contributed by atoms with Gasteiger partial charge < -0.3 is 20.5 Å². The summed E-state index contributed by atoms with van der Waals surface area (Å²) in [7, 11) is 1.60. The Hall–Kier alpha value is -3.63. The van der Waals surface area contributed by atoms with Crippen molar-refractivity contribution in [3.05, 3.63) is 70.9 Å². The van der Waals surface area contributed by atoms with Crippen molar-refractivity contribution in [1.82, 2.24) is 4.98 Å². The maximum absolute atomic E-state index is 13.5. The Morgan fingerprint density at radius 2 is 1.98 bits per heavy atom. The van der Waals surface area contributed by atoms with Gasteiger partial charge in [-0.1, -0.05) is 45.7 Å². The lowest BCUT2D eigenvalue weighted by molar-refractivity contribution is -0.736. The molecular weight excluding hydrogens is 534 g/mol. The van der Waals surface area contributed by atoms with Crippen LogP contribution < -0.4 is 35.9 Å². The quantitative estimate of drug-likeness (QED) is 0.108. The summed E-state index contributed by atoms with van der Waals surface area (Å²) in [6.45, 7) is 10.7. The van der Waals surface area contributed by atoms with E-state index in [0.717, 1.165) is 35.3 Å². The fourth-order valence-electron chi connectivity index (χ4n) is 5.98. The van der Waals surface area contributed by atoms with E-state index in [1.54, 1.807) is 25.4 Å². The molecule has 2 aliphatic rings. The van der Waals surface area contributed by atoms with Gasteiger partial charge in [0.1, 0.15) is 17.4 Å². The molecule has 0 saturated heterocycles. The van der Waals surface area contributed by atoms with E-state index in [1.165, 1.54) is 29.2 Å². The molecule has 5 rings (SSSR count). The van der Waals surface area contributed by atoms with E-state index in [1.807, 2.05) is 31.5 Å². The van der Waals surface area contributed by atoms with Crippen LogP contribution in [0, 0.1) is 12.8 Å². The first-order valence-corrected chi connectivity index (χ1v) is 15.2. The van der Waals surface area contributed by atoms with Crippen molar-refractivity contribution in [2.24, 2.45) is 17.5 Å². The predicted octanol–water partition coefficient (Wildman–Crippen LogP) is 5.18. The van der Waals surface area contributed by atoms with Crippen molar-refractivity contribution < 1.29 is 14.1 Å². The molecule has 7 N–H and O–H groups in total. The third kappa shape index (κ3) is 5.26. The molecule has 1 aliphatic carbocycles. The predicted molar refractivity (Wildman–Crippen MR) is 168 cm³/mol. The molecule has 1 saturated carbocycles. The van der Waals surface area contributed by atoms with Gasteiger partial charge in [0.2, 0.25) is 0 Å². The van der Waals surface area contributed by atoms with Crippen molar-refractivity contribution in [3.63, 3.8) is 0 Å². The number of amides is 1. The summed E-state index contributed by atoms with van der Waals surface area (Å²) in [5.41, 5.74) is 12.7. The van der Waals surface area contributed by atoms with Crippen LogP contribution in [0.4, 0.5) is 17.1 Å². The fourth-order valence-corrected chi connectivity index (χ4v) is 6.35. The molecule has 3 aromatic rings. The van der Waals surface area contributed by atoms with Crippen LogP contribution in [0.15, 0.2) is 42.7 Å². The summed E-state index contributed by atoms with van der Waals surface area (Å²) in [5, 5.41) is 4.57. The minimum Gasteiger partial charge on any atom is -0.492 e. The zero-order chi connectivity index (χ0) is 29.7. The fraction of sp³-hybridized carbons (Fsp3) is 0.419. The Morgan fingerprint density at radius 3 is 2.61 bits per heavy atom. The van der Waals surface area contributed by atoms with Crippen molar-refractivity contribution in [1.29, 1.82) is 0 Å². The highest BCUT2D eigenvalue weighted by Gasteiger charge is 2.62. The number of carbonyl (C=O) groups is 1. The average molecular weight is 577 g/mol. The smallest absolute Gasteiger partial charge is 0.255 e. The van der Waals surface area contributed by atoms with E-state index >= 15 is 0 Å². The molecule has 218 valence electrons. The van der Waals surface area contributed by atoms with E-state index in [-0.39, 0.29) is 16.9 Å². The highest BCUT2D eigenvalue weighted by Crippen LogP contribution is 2.52. The Labute approximate surface area is 246 Å². The lowest BCUT2D eigenvalue weighted by Crippen LogP contribution is -2.48. The second-order valence-electron chi connectivity index (χ2n) is 12.3. The van der Waals surface area contributed by atoms with Gasteiger partial charge in [-0.05, 0) is 54.2 Å². The maximum Gasteiger partial charge on any atom is 0.255 e. The van der Waals surface area contributed by atoms with Gasteiger partial charge in [0.25, 0.3) is 11.7 Å². The summed E-state index contributed by atoms with van der Waals surface area (Å²) >= 11 is 1.47. The van der Waals surface area contributed by atoms with Gasteiger partial charge in [0, 0.05) is 30.4 Å². The Bertz CT molecular complexity index is 1520. The van der Waals surface area contributed by atoms with Gasteiger partial charge in [-0.3, -0.25) is 9.80 Å². The van der Waals surface area contributed by atoms with Crippen LogP contribution in [0.25, 0.3) is 5.70 Å². The first-order chi connectivity index (χ1) is 19.4. The van der Waals surface area contributed by atoms with Crippen LogP contribution in [0.5, 0.6) is 5.75 Å². The molecule has 1 aliphatic heterocycles. The van der Waals surface area contributed by atoms with Crippen molar-refractivity contribution in [3.8, 4) is 5.75 Å². The number of aryl methyl sites for hydroxylation is 2. The number of nitrogens with zero attached hydrogens (tertiary/aromatic N) is 2. The monoisotopic (exact) mass is 576 g/mol. The molecule has 1 aromatic heterocycles. The molecule has 1 fully saturated rings. The Morgan fingerprint density at radius 1 is 1.27 bits per heavy atom. The van der Waals surface area contributed by atoms with Crippen molar-refractivity contribution >= 4 is 40.6 Å². The number of nitrogens with one attached hydrogen (secondary N) is 3. The summed E-state index contributed by atoms with van der Waals surface area (Å²) in [6.07, 6.45) is 8.98. The molecule has 2 heterocycles. The van der Waals surface area contributed by atoms with E-state index in [2.05, 4.69) is 53.4 Å². The molecule has 2 aromatic carbocycles. The number of H-pyrrole nitrogens is 1. The third-order valence-electron chi connectivity index (χ3n) is 8.49. The number of methoxy groups -OCH3 is 1. The first kappa shape index (κ1) is 28.9. The zero-order valence-corrected chi connectivity index (χ0v) is 25.8. The molecule has 1 amide bonds. The van der Waals surface area contributed by atoms with Gasteiger partial charge in [0.15, 0.2) is 11.4 Å². The lowest BCUT2D eigenvalue weighted by Gasteiger charge is -2.24. The Kier molecular flexibility index (Phi) is 7.50. The summed E-state index contributed by atoms with van der Waals surface area (Å²) < 4.78 is 11.4. The number of hydrogen-bond acceptors (Lipinski definition) is 7. The van der Waals surface area contributed by atoms with Crippen LogP contribution in [0.3, 0.4) is 0 Å². The number of aromatic amines is 1. The topological polar surface area (TPSA) is 125 Å². The summed E-state index contributed by atoms with van der Waals surface area (Å²) in [4.78, 5) is 16.9. The minimum atomic E-state index is -0.264. The molecule has 0 radical (unpaired) electrons. The number of imidazole rings is 1. The number of hydrazine groups is 1. The number of ether oxygens (including phenoxy) is 1. The SMILES string of the molecule is COc1c(NSC)cc(C(C)(C)C)cc1NC(=O)c1ccc(C)c(N(N)/C=C(\N)c2c[nH]c3[n+]2C2(CC3)CC2C)c1. The van der Waals surface area contributed by atoms with E-state index in [0.29, 0.717) is 34.3 Å². The highest BCUT2D eigenvalue weighted by molar-refractivity contribution is 7.99. The van der Waals surface area contributed by atoms with Gasteiger partial charge in [-0.15, -0.1) is 0 Å². The standard InChI is InChI=1S/C31H41N7O2S/c1-18-8-9-20(29(39)35-23-13-21(30(3,4)5)14-24(36-41-7)28(23)40-6)12-25(18)37(33)17-22(32)26-16-34-27-10-11-31(38(26)27)15-19(31)2/h8-9,12-14,16-17,19,36H,10-11,15,32-33H2,1-7H3,(H,35,39)/p+1/b22-17-. The number of aromatic nitrogens is 2. The number of carbonyl (C=O) groups excluding carboxylic acids is 1. The number of anilines is 3. The van der Waals surface area contributed by atoms with E-state index in [4.69, 9.17) is 16.3 Å². The number of hydrogen-bond donors (Lipinski definition) is 5. The molecule has 2 unspecified atom stereocenters. The first-order valence-electron chi connectivity index (χ1n) is 14.0. The lowest BCUT2D eigenvalue weighted by atomic mass is 9.86. The number of fused-ring (bicyclic) bond motifs is 2. The van der Waals surface area contributed by atoms with Gasteiger partial charge in [-0.2, -0.15) is 0 Å². The zero-order valence-electron chi connectivity index (χ0n) is 25.0. The summed E-state index contributed by atoms with van der Waals surface area (Å²) in [6, 6.07) is 9.50. The molecule has 0 bridgehead atoms. The van der Waals surface area contributed by atoms with Crippen LogP contribution in [0.1, 0.15) is 73.5 Å².